The Labute approximate surface area is 121 Å². The van der Waals surface area contributed by atoms with Crippen LogP contribution in [-0.2, 0) is 0 Å². The molecule has 0 fully saturated rings. The van der Waals surface area contributed by atoms with Crippen molar-refractivity contribution < 1.29 is 14.3 Å². The first-order valence-electron chi connectivity index (χ1n) is 6.34. The molecular formula is C14H19BrFNO2. The standard InChI is InChI=1S/C14H19BrFNO2/c1-4-8(2)7-9(3)17-11-6-5-10(14(18)19)12(15)13(11)16/h5-6,8-9,17H,4,7H2,1-3H3,(H,18,19). The highest BCUT2D eigenvalue weighted by molar-refractivity contribution is 9.10. The zero-order chi connectivity index (χ0) is 14.6. The molecule has 0 spiro atoms. The largest absolute Gasteiger partial charge is 0.478 e. The summed E-state index contributed by atoms with van der Waals surface area (Å²) in [6.07, 6.45) is 2.02. The fourth-order valence-corrected chi connectivity index (χ4v) is 2.44. The van der Waals surface area contributed by atoms with Crippen LogP contribution >= 0.6 is 15.9 Å². The number of carboxylic acid groups (broad SMARTS) is 1. The Morgan fingerprint density at radius 3 is 2.63 bits per heavy atom. The monoisotopic (exact) mass is 331 g/mol. The number of carboxylic acids is 1. The summed E-state index contributed by atoms with van der Waals surface area (Å²) in [5, 5.41) is 12.0. The molecule has 3 nitrogen and oxygen atoms in total. The minimum absolute atomic E-state index is 0.0132. The second kappa shape index (κ2) is 6.89. The van der Waals surface area contributed by atoms with Gasteiger partial charge in [0.15, 0.2) is 5.82 Å². The average molecular weight is 332 g/mol. The highest BCUT2D eigenvalue weighted by Crippen LogP contribution is 2.28. The molecule has 1 aromatic rings. The number of benzene rings is 1. The maximum absolute atomic E-state index is 14.0. The zero-order valence-electron chi connectivity index (χ0n) is 11.3. The molecule has 0 aliphatic rings. The molecule has 0 aliphatic carbocycles. The van der Waals surface area contributed by atoms with E-state index >= 15 is 0 Å². The third-order valence-electron chi connectivity index (χ3n) is 3.17. The number of hydrogen-bond acceptors (Lipinski definition) is 2. The molecule has 0 radical (unpaired) electrons. The second-order valence-electron chi connectivity index (χ2n) is 4.89. The lowest BCUT2D eigenvalue weighted by atomic mass is 10.00. The van der Waals surface area contributed by atoms with Crippen LogP contribution in [-0.4, -0.2) is 17.1 Å². The van der Waals surface area contributed by atoms with E-state index in [0.29, 0.717) is 11.6 Å². The van der Waals surface area contributed by atoms with Crippen LogP contribution in [0, 0.1) is 11.7 Å². The molecule has 1 aromatic carbocycles. The van der Waals surface area contributed by atoms with Crippen molar-refractivity contribution in [1.29, 1.82) is 0 Å². The van der Waals surface area contributed by atoms with Gasteiger partial charge in [-0.05, 0) is 47.3 Å². The average Bonchev–Trinajstić information content (AvgIpc) is 2.34. The number of aromatic carboxylic acids is 1. The fraction of sp³-hybridized carbons (Fsp3) is 0.500. The van der Waals surface area contributed by atoms with Crippen molar-refractivity contribution in [2.75, 3.05) is 5.32 Å². The van der Waals surface area contributed by atoms with Gasteiger partial charge in [0.2, 0.25) is 0 Å². The van der Waals surface area contributed by atoms with Crippen molar-refractivity contribution in [3.63, 3.8) is 0 Å². The predicted molar refractivity (Wildman–Crippen MR) is 78.2 cm³/mol. The summed E-state index contributed by atoms with van der Waals surface area (Å²) < 4.78 is 14.0. The molecule has 2 N–H and O–H groups in total. The molecule has 1 rings (SSSR count). The minimum atomic E-state index is -1.15. The van der Waals surface area contributed by atoms with Gasteiger partial charge < -0.3 is 10.4 Å². The molecule has 106 valence electrons. The highest BCUT2D eigenvalue weighted by Gasteiger charge is 2.17. The van der Waals surface area contributed by atoms with Crippen molar-refractivity contribution in [2.24, 2.45) is 5.92 Å². The summed E-state index contributed by atoms with van der Waals surface area (Å²) in [7, 11) is 0. The van der Waals surface area contributed by atoms with E-state index in [4.69, 9.17) is 5.11 Å². The summed E-state index contributed by atoms with van der Waals surface area (Å²) in [5.41, 5.74) is 0.255. The SMILES string of the molecule is CCC(C)CC(C)Nc1ccc(C(=O)O)c(Br)c1F. The van der Waals surface area contributed by atoms with Crippen LogP contribution in [0.15, 0.2) is 16.6 Å². The first-order chi connectivity index (χ1) is 8.86. The van der Waals surface area contributed by atoms with Crippen LogP contribution in [0.5, 0.6) is 0 Å². The molecule has 2 unspecified atom stereocenters. The Morgan fingerprint density at radius 1 is 1.47 bits per heavy atom. The summed E-state index contributed by atoms with van der Waals surface area (Å²) in [6.45, 7) is 6.26. The van der Waals surface area contributed by atoms with E-state index in [1.807, 2.05) is 6.92 Å². The number of hydrogen-bond donors (Lipinski definition) is 2. The maximum Gasteiger partial charge on any atom is 0.336 e. The molecule has 0 saturated carbocycles. The van der Waals surface area contributed by atoms with Crippen LogP contribution in [0.1, 0.15) is 44.0 Å². The Hall–Kier alpha value is -1.10. The van der Waals surface area contributed by atoms with E-state index in [1.165, 1.54) is 12.1 Å². The van der Waals surface area contributed by atoms with Gasteiger partial charge in [-0.15, -0.1) is 0 Å². The van der Waals surface area contributed by atoms with Gasteiger partial charge in [-0.3, -0.25) is 0 Å². The van der Waals surface area contributed by atoms with Gasteiger partial charge in [-0.1, -0.05) is 20.3 Å². The van der Waals surface area contributed by atoms with Gasteiger partial charge in [-0.2, -0.15) is 0 Å². The Balaban J connectivity index is 2.86. The number of anilines is 1. The summed E-state index contributed by atoms with van der Waals surface area (Å²) in [4.78, 5) is 10.9. The topological polar surface area (TPSA) is 49.3 Å². The van der Waals surface area contributed by atoms with Crippen molar-refractivity contribution in [1.82, 2.24) is 0 Å². The minimum Gasteiger partial charge on any atom is -0.478 e. The van der Waals surface area contributed by atoms with E-state index in [9.17, 15) is 9.18 Å². The third kappa shape index (κ3) is 4.20. The fourth-order valence-electron chi connectivity index (χ4n) is 1.92. The Bertz CT molecular complexity index is 465. The number of nitrogens with one attached hydrogen (secondary N) is 1. The van der Waals surface area contributed by atoms with Gasteiger partial charge in [-0.25, -0.2) is 9.18 Å². The number of rotatable bonds is 6. The van der Waals surface area contributed by atoms with E-state index in [-0.39, 0.29) is 16.1 Å². The lowest BCUT2D eigenvalue weighted by Gasteiger charge is -2.19. The quantitative estimate of drug-likeness (QED) is 0.805. The maximum atomic E-state index is 14.0. The smallest absolute Gasteiger partial charge is 0.336 e. The zero-order valence-corrected chi connectivity index (χ0v) is 12.9. The molecule has 0 saturated heterocycles. The van der Waals surface area contributed by atoms with E-state index < -0.39 is 11.8 Å². The summed E-state index contributed by atoms with van der Waals surface area (Å²) >= 11 is 2.99. The molecule has 0 aromatic heterocycles. The van der Waals surface area contributed by atoms with Crippen molar-refractivity contribution in [2.45, 2.75) is 39.7 Å². The van der Waals surface area contributed by atoms with Gasteiger partial charge in [0.1, 0.15) is 0 Å². The van der Waals surface area contributed by atoms with Crippen molar-refractivity contribution in [3.05, 3.63) is 28.0 Å². The lowest BCUT2D eigenvalue weighted by Crippen LogP contribution is -2.19. The molecule has 0 aliphatic heterocycles. The lowest BCUT2D eigenvalue weighted by molar-refractivity contribution is 0.0695. The normalized spacial score (nSPS) is 13.9. The molecular weight excluding hydrogens is 313 g/mol. The van der Waals surface area contributed by atoms with Gasteiger partial charge in [0.05, 0.1) is 15.7 Å². The van der Waals surface area contributed by atoms with Gasteiger partial charge in [0, 0.05) is 6.04 Å². The van der Waals surface area contributed by atoms with Crippen LogP contribution in [0.25, 0.3) is 0 Å². The number of carbonyl (C=O) groups is 1. The second-order valence-corrected chi connectivity index (χ2v) is 5.68. The van der Waals surface area contributed by atoms with Crippen LogP contribution in [0.3, 0.4) is 0 Å². The highest BCUT2D eigenvalue weighted by atomic mass is 79.9. The summed E-state index contributed by atoms with van der Waals surface area (Å²) in [5.74, 6) is -1.15. The van der Waals surface area contributed by atoms with Crippen LogP contribution in [0.4, 0.5) is 10.1 Å². The number of halogens is 2. The third-order valence-corrected chi connectivity index (χ3v) is 3.94. The van der Waals surface area contributed by atoms with E-state index in [1.54, 1.807) is 0 Å². The van der Waals surface area contributed by atoms with Gasteiger partial charge in [0.25, 0.3) is 0 Å². The Kier molecular flexibility index (Phi) is 5.79. The molecule has 0 amide bonds. The molecule has 0 bridgehead atoms. The van der Waals surface area contributed by atoms with Crippen LogP contribution < -0.4 is 5.32 Å². The first-order valence-corrected chi connectivity index (χ1v) is 7.13. The van der Waals surface area contributed by atoms with E-state index in [2.05, 4.69) is 35.1 Å². The first kappa shape index (κ1) is 16.0. The Morgan fingerprint density at radius 2 is 2.11 bits per heavy atom. The molecule has 0 heterocycles. The van der Waals surface area contributed by atoms with Crippen molar-refractivity contribution >= 4 is 27.6 Å². The molecule has 19 heavy (non-hydrogen) atoms. The molecule has 2 atom stereocenters. The van der Waals surface area contributed by atoms with Gasteiger partial charge >= 0.3 is 5.97 Å². The van der Waals surface area contributed by atoms with Crippen molar-refractivity contribution in [3.8, 4) is 0 Å². The molecule has 5 heteroatoms. The van der Waals surface area contributed by atoms with Crippen LogP contribution in [0.2, 0.25) is 0 Å². The predicted octanol–water partition coefficient (Wildman–Crippen LogP) is 4.52. The summed E-state index contributed by atoms with van der Waals surface area (Å²) in [6, 6.07) is 3.00. The van der Waals surface area contributed by atoms with E-state index in [0.717, 1.165) is 12.8 Å².